The van der Waals surface area contributed by atoms with Crippen molar-refractivity contribution < 1.29 is 0 Å². The van der Waals surface area contributed by atoms with Gasteiger partial charge in [-0.1, -0.05) is 12.7 Å². The van der Waals surface area contributed by atoms with E-state index in [-0.39, 0.29) is 5.54 Å². The summed E-state index contributed by atoms with van der Waals surface area (Å²) in [6.45, 7) is 12.2. The van der Waals surface area contributed by atoms with E-state index in [1.165, 1.54) is 0 Å². The molecule has 0 saturated carbocycles. The Bertz CT molecular complexity index is 128. The second-order valence-electron chi connectivity index (χ2n) is 3.24. The fourth-order valence-electron chi connectivity index (χ4n) is 0.719. The predicted molar refractivity (Wildman–Crippen MR) is 46.6 cm³/mol. The third kappa shape index (κ3) is 2.72. The van der Waals surface area contributed by atoms with Gasteiger partial charge in [0.25, 0.3) is 0 Å². The first-order chi connectivity index (χ1) is 4.52. The second kappa shape index (κ2) is 3.45. The van der Waals surface area contributed by atoms with Crippen LogP contribution in [0.5, 0.6) is 0 Å². The minimum atomic E-state index is 0.147. The summed E-state index contributed by atoms with van der Waals surface area (Å²) in [5, 5.41) is 0. The van der Waals surface area contributed by atoms with Crippen molar-refractivity contribution in [2.24, 2.45) is 0 Å². The number of hydrogen-bond acceptors (Lipinski definition) is 1. The van der Waals surface area contributed by atoms with E-state index < -0.39 is 0 Å². The predicted octanol–water partition coefficient (Wildman–Crippen LogP) is 2.76. The molecule has 0 heterocycles. The quantitative estimate of drug-likeness (QED) is 0.568. The third-order valence-electron chi connectivity index (χ3n) is 1.28. The first kappa shape index (κ1) is 9.28. The van der Waals surface area contributed by atoms with E-state index >= 15 is 0 Å². The highest BCUT2D eigenvalue weighted by atomic mass is 15.1. The highest BCUT2D eigenvalue weighted by Crippen LogP contribution is 2.12. The van der Waals surface area contributed by atoms with Crippen molar-refractivity contribution >= 4 is 0 Å². The van der Waals surface area contributed by atoms with Crippen molar-refractivity contribution in [2.75, 3.05) is 0 Å². The Balaban J connectivity index is 4.21. The van der Waals surface area contributed by atoms with Crippen LogP contribution in [0.3, 0.4) is 0 Å². The molecule has 0 unspecified atom stereocenters. The molecule has 0 spiro atoms. The van der Waals surface area contributed by atoms with Crippen molar-refractivity contribution in [2.45, 2.75) is 33.2 Å². The van der Waals surface area contributed by atoms with Crippen LogP contribution in [0.15, 0.2) is 25.1 Å². The van der Waals surface area contributed by atoms with Crippen LogP contribution in [0.4, 0.5) is 0 Å². The largest absolute Gasteiger partial charge is 0.350 e. The summed E-state index contributed by atoms with van der Waals surface area (Å²) in [6.07, 6.45) is 5.86. The Morgan fingerprint density at radius 3 is 1.90 bits per heavy atom. The lowest BCUT2D eigenvalue weighted by Crippen LogP contribution is -2.32. The minimum absolute atomic E-state index is 0.147. The van der Waals surface area contributed by atoms with Crippen molar-refractivity contribution in [3.05, 3.63) is 25.1 Å². The van der Waals surface area contributed by atoms with E-state index in [9.17, 15) is 0 Å². The van der Waals surface area contributed by atoms with E-state index in [0.29, 0.717) is 0 Å². The molecule has 0 aromatic rings. The maximum atomic E-state index is 3.72. The lowest BCUT2D eigenvalue weighted by atomic mass is 10.1. The van der Waals surface area contributed by atoms with Crippen LogP contribution in [0.1, 0.15) is 27.7 Å². The van der Waals surface area contributed by atoms with Gasteiger partial charge in [-0.3, -0.25) is 0 Å². The number of rotatable bonds is 2. The van der Waals surface area contributed by atoms with Crippen molar-refractivity contribution in [1.29, 1.82) is 0 Å². The molecule has 0 bridgehead atoms. The molecule has 1 heteroatoms. The molecule has 0 aromatic heterocycles. The van der Waals surface area contributed by atoms with Crippen LogP contribution < -0.4 is 0 Å². The third-order valence-corrected chi connectivity index (χ3v) is 1.28. The van der Waals surface area contributed by atoms with Gasteiger partial charge in [-0.25, -0.2) is 0 Å². The molecule has 10 heavy (non-hydrogen) atoms. The smallest absolute Gasteiger partial charge is 0.0355 e. The molecule has 0 saturated heterocycles. The zero-order valence-corrected chi connectivity index (χ0v) is 7.39. The van der Waals surface area contributed by atoms with Gasteiger partial charge < -0.3 is 4.90 Å². The molecule has 0 atom stereocenters. The highest BCUT2D eigenvalue weighted by molar-refractivity contribution is 4.93. The fourth-order valence-corrected chi connectivity index (χ4v) is 0.719. The minimum Gasteiger partial charge on any atom is -0.350 e. The molecule has 0 radical (unpaired) electrons. The van der Waals surface area contributed by atoms with E-state index in [1.54, 1.807) is 0 Å². The lowest BCUT2D eigenvalue weighted by molar-refractivity contribution is 0.281. The van der Waals surface area contributed by atoms with Gasteiger partial charge >= 0.3 is 0 Å². The summed E-state index contributed by atoms with van der Waals surface area (Å²) in [6, 6.07) is 0. The lowest BCUT2D eigenvalue weighted by Gasteiger charge is -2.31. The number of hydrogen-bond donors (Lipinski definition) is 0. The summed E-state index contributed by atoms with van der Waals surface area (Å²) in [4.78, 5) is 2.08. The molecule has 0 rings (SSSR count). The zero-order chi connectivity index (χ0) is 8.20. The topological polar surface area (TPSA) is 3.24 Å². The maximum absolute atomic E-state index is 3.72. The van der Waals surface area contributed by atoms with Crippen molar-refractivity contribution in [3.63, 3.8) is 0 Å². The Kier molecular flexibility index (Phi) is 3.20. The monoisotopic (exact) mass is 139 g/mol. The zero-order valence-electron chi connectivity index (χ0n) is 7.39. The molecule has 58 valence electrons. The molecule has 0 N–H and O–H groups in total. The summed E-state index contributed by atoms with van der Waals surface area (Å²) >= 11 is 0. The fraction of sp³-hybridized carbons (Fsp3) is 0.556. The maximum Gasteiger partial charge on any atom is 0.0355 e. The average molecular weight is 139 g/mol. The Labute approximate surface area is 64.0 Å². The van der Waals surface area contributed by atoms with Crippen molar-refractivity contribution in [3.8, 4) is 0 Å². The summed E-state index contributed by atoms with van der Waals surface area (Å²) in [5.74, 6) is 0. The molecular weight excluding hydrogens is 122 g/mol. The van der Waals surface area contributed by atoms with Crippen molar-refractivity contribution in [1.82, 2.24) is 4.90 Å². The van der Waals surface area contributed by atoms with Gasteiger partial charge in [0.1, 0.15) is 0 Å². The summed E-state index contributed by atoms with van der Waals surface area (Å²) in [7, 11) is 0. The first-order valence-electron chi connectivity index (χ1n) is 3.56. The van der Waals surface area contributed by atoms with Crippen LogP contribution in [-0.4, -0.2) is 10.4 Å². The highest BCUT2D eigenvalue weighted by Gasteiger charge is 2.13. The summed E-state index contributed by atoms with van der Waals surface area (Å²) in [5.41, 5.74) is 0.147. The van der Waals surface area contributed by atoms with Crippen LogP contribution in [0.2, 0.25) is 0 Å². The first-order valence-corrected chi connectivity index (χ1v) is 3.56. The normalized spacial score (nSPS) is 12.0. The number of nitrogens with zero attached hydrogens (tertiary/aromatic N) is 1. The molecule has 0 aliphatic carbocycles. The Hall–Kier alpha value is -0.720. The van der Waals surface area contributed by atoms with Crippen LogP contribution in [0.25, 0.3) is 0 Å². The molecule has 0 aliphatic rings. The standard InChI is InChI=1S/C9H17N/c1-6-8-10(7-2)9(3,4)5/h6-8H,2H2,1,3-5H3/b8-6-. The van der Waals surface area contributed by atoms with E-state index in [4.69, 9.17) is 0 Å². The van der Waals surface area contributed by atoms with E-state index in [2.05, 4.69) is 32.3 Å². The average Bonchev–Trinajstić information content (AvgIpc) is 1.80. The molecule has 1 nitrogen and oxygen atoms in total. The van der Waals surface area contributed by atoms with E-state index in [1.807, 2.05) is 25.4 Å². The molecule has 0 aromatic carbocycles. The van der Waals surface area contributed by atoms with Gasteiger partial charge in [0.05, 0.1) is 0 Å². The molecular formula is C9H17N. The number of allylic oxidation sites excluding steroid dienone is 1. The summed E-state index contributed by atoms with van der Waals surface area (Å²) < 4.78 is 0. The van der Waals surface area contributed by atoms with Crippen LogP contribution >= 0.6 is 0 Å². The van der Waals surface area contributed by atoms with Gasteiger partial charge in [-0.15, -0.1) is 0 Å². The van der Waals surface area contributed by atoms with Gasteiger partial charge in [-0.05, 0) is 40.1 Å². The molecule has 0 amide bonds. The van der Waals surface area contributed by atoms with Crippen LogP contribution in [0, 0.1) is 0 Å². The Morgan fingerprint density at radius 2 is 1.80 bits per heavy atom. The molecule has 0 aliphatic heterocycles. The van der Waals surface area contributed by atoms with Gasteiger partial charge in [0.15, 0.2) is 0 Å². The Morgan fingerprint density at radius 1 is 1.30 bits per heavy atom. The van der Waals surface area contributed by atoms with E-state index in [0.717, 1.165) is 0 Å². The van der Waals surface area contributed by atoms with Gasteiger partial charge in [0, 0.05) is 5.54 Å². The van der Waals surface area contributed by atoms with Gasteiger partial charge in [-0.2, -0.15) is 0 Å². The second-order valence-corrected chi connectivity index (χ2v) is 3.24. The SMILES string of the molecule is C=CN(/C=C\C)C(C)(C)C. The van der Waals surface area contributed by atoms with Gasteiger partial charge in [0.2, 0.25) is 0 Å². The van der Waals surface area contributed by atoms with Crippen LogP contribution in [-0.2, 0) is 0 Å². The molecule has 0 fully saturated rings.